The van der Waals surface area contributed by atoms with Crippen molar-refractivity contribution in [3.8, 4) is 11.1 Å². The Kier molecular flexibility index (Phi) is 3.01. The Balaban J connectivity index is 2.02. The van der Waals surface area contributed by atoms with Crippen molar-refractivity contribution < 1.29 is 8.78 Å². The molecule has 0 amide bonds. The van der Waals surface area contributed by atoms with Gasteiger partial charge in [-0.1, -0.05) is 18.2 Å². The van der Waals surface area contributed by atoms with Crippen molar-refractivity contribution in [1.82, 2.24) is 9.88 Å². The molecule has 2 heterocycles. The molecular formula is C18H16F2N2. The minimum Gasteiger partial charge on any atom is -0.345 e. The molecule has 3 aromatic rings. The van der Waals surface area contributed by atoms with Crippen LogP contribution in [0.25, 0.3) is 22.0 Å². The van der Waals surface area contributed by atoms with Crippen molar-refractivity contribution >= 4 is 10.9 Å². The largest absolute Gasteiger partial charge is 0.345 e. The van der Waals surface area contributed by atoms with Gasteiger partial charge in [0.2, 0.25) is 0 Å². The predicted molar refractivity (Wildman–Crippen MR) is 83.8 cm³/mol. The van der Waals surface area contributed by atoms with Crippen molar-refractivity contribution in [3.05, 3.63) is 59.8 Å². The minimum atomic E-state index is -0.281. The number of benzene rings is 2. The highest BCUT2D eigenvalue weighted by atomic mass is 19.1. The quantitative estimate of drug-likeness (QED) is 0.763. The van der Waals surface area contributed by atoms with Crippen LogP contribution in [-0.4, -0.2) is 17.7 Å². The molecule has 0 aliphatic carbocycles. The highest BCUT2D eigenvalue weighted by Gasteiger charge is 2.23. The molecule has 0 bridgehead atoms. The molecule has 1 N–H and O–H groups in total. The first-order chi connectivity index (χ1) is 10.7. The maximum atomic E-state index is 14.2. The summed E-state index contributed by atoms with van der Waals surface area (Å²) >= 11 is 0. The zero-order valence-corrected chi connectivity index (χ0v) is 12.2. The summed E-state index contributed by atoms with van der Waals surface area (Å²) in [7, 11) is 1.91. The van der Waals surface area contributed by atoms with E-state index < -0.39 is 0 Å². The standard InChI is InChI=1S/C18H16F2N2/c1-21-13-7-11-6-12(19)8-15-16(10-22(9-13)18(11)15)14-4-2-3-5-17(14)20/h2-6,8,10,13,21H,7,9H2,1H3/t13-/m0/s1. The van der Waals surface area contributed by atoms with E-state index in [1.165, 1.54) is 12.1 Å². The lowest BCUT2D eigenvalue weighted by molar-refractivity contribution is 0.469. The first-order valence-corrected chi connectivity index (χ1v) is 7.41. The van der Waals surface area contributed by atoms with E-state index >= 15 is 0 Å². The number of nitrogens with one attached hydrogen (secondary N) is 1. The molecule has 1 atom stereocenters. The Morgan fingerprint density at radius 2 is 1.95 bits per heavy atom. The summed E-state index contributed by atoms with van der Waals surface area (Å²) < 4.78 is 30.3. The van der Waals surface area contributed by atoms with Crippen LogP contribution in [0, 0.1) is 11.6 Å². The van der Waals surface area contributed by atoms with Gasteiger partial charge in [-0.05, 0) is 37.2 Å². The SMILES string of the molecule is CN[C@H]1Cc2cc(F)cc3c(-c4ccccc4F)cn(c23)C1. The predicted octanol–water partition coefficient (Wildman–Crippen LogP) is 3.73. The molecule has 0 spiro atoms. The van der Waals surface area contributed by atoms with Gasteiger partial charge in [-0.25, -0.2) is 8.78 Å². The first-order valence-electron chi connectivity index (χ1n) is 7.41. The number of rotatable bonds is 2. The summed E-state index contributed by atoms with van der Waals surface area (Å²) in [5.74, 6) is -0.550. The van der Waals surface area contributed by atoms with Gasteiger partial charge in [0.15, 0.2) is 0 Å². The van der Waals surface area contributed by atoms with E-state index in [-0.39, 0.29) is 17.7 Å². The summed E-state index contributed by atoms with van der Waals surface area (Å²) in [6, 6.07) is 10.0. The Hall–Kier alpha value is -2.20. The van der Waals surface area contributed by atoms with Gasteiger partial charge in [0.05, 0.1) is 5.52 Å². The normalized spacial score (nSPS) is 17.1. The van der Waals surface area contributed by atoms with Crippen LogP contribution in [0.15, 0.2) is 42.6 Å². The second-order valence-corrected chi connectivity index (χ2v) is 5.83. The molecule has 0 radical (unpaired) electrons. The smallest absolute Gasteiger partial charge is 0.131 e. The Morgan fingerprint density at radius 1 is 1.14 bits per heavy atom. The third kappa shape index (κ3) is 1.95. The molecule has 0 unspecified atom stereocenters. The van der Waals surface area contributed by atoms with Gasteiger partial charge in [-0.3, -0.25) is 0 Å². The highest BCUT2D eigenvalue weighted by Crippen LogP contribution is 2.36. The minimum absolute atomic E-state index is 0.262. The fourth-order valence-corrected chi connectivity index (χ4v) is 3.44. The number of likely N-dealkylation sites (N-methyl/N-ethyl adjacent to an activating group) is 1. The van der Waals surface area contributed by atoms with Gasteiger partial charge >= 0.3 is 0 Å². The summed E-state index contributed by atoms with van der Waals surface area (Å²) in [6.45, 7) is 0.806. The molecule has 22 heavy (non-hydrogen) atoms. The van der Waals surface area contributed by atoms with Crippen LogP contribution >= 0.6 is 0 Å². The lowest BCUT2D eigenvalue weighted by Gasteiger charge is -2.24. The number of aromatic nitrogens is 1. The Morgan fingerprint density at radius 3 is 2.73 bits per heavy atom. The molecule has 1 aromatic heterocycles. The average Bonchev–Trinajstić information content (AvgIpc) is 2.86. The maximum absolute atomic E-state index is 14.2. The van der Waals surface area contributed by atoms with Crippen LogP contribution in [0.1, 0.15) is 5.56 Å². The van der Waals surface area contributed by atoms with Gasteiger partial charge in [0.1, 0.15) is 11.6 Å². The van der Waals surface area contributed by atoms with Crippen LogP contribution in [-0.2, 0) is 13.0 Å². The van der Waals surface area contributed by atoms with Gasteiger partial charge in [0.25, 0.3) is 0 Å². The third-order valence-corrected chi connectivity index (χ3v) is 4.47. The lowest BCUT2D eigenvalue weighted by Crippen LogP contribution is -2.34. The van der Waals surface area contributed by atoms with Gasteiger partial charge in [0, 0.05) is 35.3 Å². The molecule has 0 saturated heterocycles. The first kappa shape index (κ1) is 13.5. The molecule has 0 fully saturated rings. The Labute approximate surface area is 127 Å². The molecule has 1 aliphatic rings. The van der Waals surface area contributed by atoms with Crippen molar-refractivity contribution in [2.75, 3.05) is 7.05 Å². The van der Waals surface area contributed by atoms with E-state index in [9.17, 15) is 8.78 Å². The molecule has 4 rings (SSSR count). The molecule has 1 aliphatic heterocycles. The second kappa shape index (κ2) is 4.92. The van der Waals surface area contributed by atoms with Crippen molar-refractivity contribution in [2.45, 2.75) is 19.0 Å². The van der Waals surface area contributed by atoms with Gasteiger partial charge in [-0.15, -0.1) is 0 Å². The molecule has 0 saturated carbocycles. The summed E-state index contributed by atoms with van der Waals surface area (Å²) in [5, 5.41) is 4.04. The van der Waals surface area contributed by atoms with E-state index in [1.54, 1.807) is 24.3 Å². The zero-order valence-electron chi connectivity index (χ0n) is 12.2. The van der Waals surface area contributed by atoms with Crippen LogP contribution in [0.2, 0.25) is 0 Å². The van der Waals surface area contributed by atoms with Crippen molar-refractivity contribution in [1.29, 1.82) is 0 Å². The number of hydrogen-bond acceptors (Lipinski definition) is 1. The van der Waals surface area contributed by atoms with Crippen LogP contribution in [0.4, 0.5) is 8.78 Å². The van der Waals surface area contributed by atoms with Gasteiger partial charge in [-0.2, -0.15) is 0 Å². The van der Waals surface area contributed by atoms with E-state index in [0.29, 0.717) is 5.56 Å². The highest BCUT2D eigenvalue weighted by molar-refractivity contribution is 5.98. The van der Waals surface area contributed by atoms with Crippen LogP contribution in [0.5, 0.6) is 0 Å². The number of halogens is 2. The summed E-state index contributed by atoms with van der Waals surface area (Å²) in [6.07, 6.45) is 2.72. The average molecular weight is 298 g/mol. The third-order valence-electron chi connectivity index (χ3n) is 4.47. The van der Waals surface area contributed by atoms with E-state index in [2.05, 4.69) is 9.88 Å². The topological polar surface area (TPSA) is 17.0 Å². The van der Waals surface area contributed by atoms with Gasteiger partial charge < -0.3 is 9.88 Å². The molecule has 2 aromatic carbocycles. The number of hydrogen-bond donors (Lipinski definition) is 1. The zero-order chi connectivity index (χ0) is 15.3. The lowest BCUT2D eigenvalue weighted by atomic mass is 9.97. The summed E-state index contributed by atoms with van der Waals surface area (Å²) in [4.78, 5) is 0. The number of nitrogens with zero attached hydrogens (tertiary/aromatic N) is 1. The van der Waals surface area contributed by atoms with E-state index in [4.69, 9.17) is 0 Å². The van der Waals surface area contributed by atoms with Crippen molar-refractivity contribution in [3.63, 3.8) is 0 Å². The van der Waals surface area contributed by atoms with Crippen LogP contribution < -0.4 is 5.32 Å². The van der Waals surface area contributed by atoms with E-state index in [0.717, 1.165) is 35.0 Å². The summed E-state index contributed by atoms with van der Waals surface area (Å²) in [5.41, 5.74) is 3.27. The van der Waals surface area contributed by atoms with Crippen molar-refractivity contribution in [2.24, 2.45) is 0 Å². The molecule has 4 heteroatoms. The monoisotopic (exact) mass is 298 g/mol. The van der Waals surface area contributed by atoms with E-state index in [1.807, 2.05) is 13.2 Å². The maximum Gasteiger partial charge on any atom is 0.131 e. The molecule has 112 valence electrons. The fourth-order valence-electron chi connectivity index (χ4n) is 3.44. The Bertz CT molecular complexity index is 867. The fraction of sp³-hybridized carbons (Fsp3) is 0.222. The second-order valence-electron chi connectivity index (χ2n) is 5.83. The van der Waals surface area contributed by atoms with Crippen LogP contribution in [0.3, 0.4) is 0 Å². The molecular weight excluding hydrogens is 282 g/mol. The molecule has 2 nitrogen and oxygen atoms in total.